The van der Waals surface area contributed by atoms with E-state index in [0.29, 0.717) is 19.4 Å². The molecule has 0 bridgehead atoms. The van der Waals surface area contributed by atoms with Crippen LogP contribution in [0, 0.1) is 11.6 Å². The van der Waals surface area contributed by atoms with Crippen LogP contribution < -0.4 is 0 Å². The largest absolute Gasteiger partial charge is 0.392 e. The van der Waals surface area contributed by atoms with Gasteiger partial charge in [0.15, 0.2) is 11.6 Å². The average molecular weight is 291 g/mol. The summed E-state index contributed by atoms with van der Waals surface area (Å²) in [4.78, 5) is -0.703. The monoisotopic (exact) mass is 291 g/mol. The molecule has 1 saturated heterocycles. The van der Waals surface area contributed by atoms with Crippen LogP contribution in [0.5, 0.6) is 0 Å². The number of aliphatic hydroxyl groups excluding tert-OH is 1. The molecule has 1 aromatic rings. The highest BCUT2D eigenvalue weighted by atomic mass is 32.2. The van der Waals surface area contributed by atoms with Gasteiger partial charge in [-0.25, -0.2) is 17.2 Å². The molecule has 1 aliphatic heterocycles. The van der Waals surface area contributed by atoms with Crippen molar-refractivity contribution in [2.24, 2.45) is 0 Å². The second kappa shape index (κ2) is 5.15. The van der Waals surface area contributed by atoms with Gasteiger partial charge in [-0.2, -0.15) is 4.31 Å². The van der Waals surface area contributed by atoms with Crippen LogP contribution in [0.1, 0.15) is 25.3 Å². The Balaban J connectivity index is 2.54. The molecule has 19 heavy (non-hydrogen) atoms. The summed E-state index contributed by atoms with van der Waals surface area (Å²) in [7, 11) is -4.07. The Hall–Kier alpha value is -1.05. The molecule has 2 rings (SSSR count). The maximum atomic E-state index is 13.7. The molecular formula is C12H15F2NO3S. The first kappa shape index (κ1) is 14.4. The number of benzene rings is 1. The summed E-state index contributed by atoms with van der Waals surface area (Å²) in [6.45, 7) is 1.48. The minimum atomic E-state index is -4.07. The molecule has 106 valence electrons. The van der Waals surface area contributed by atoms with Gasteiger partial charge >= 0.3 is 0 Å². The summed E-state index contributed by atoms with van der Waals surface area (Å²) in [6, 6.07) is 1.55. The smallest absolute Gasteiger partial charge is 0.246 e. The van der Waals surface area contributed by atoms with Gasteiger partial charge in [0.25, 0.3) is 0 Å². The Kier molecular flexibility index (Phi) is 3.89. The normalized spacial score (nSPS) is 20.9. The summed E-state index contributed by atoms with van der Waals surface area (Å²) in [6.07, 6.45) is 1.40. The number of sulfonamides is 1. The van der Waals surface area contributed by atoms with E-state index in [-0.39, 0.29) is 11.6 Å². The molecular weight excluding hydrogens is 276 g/mol. The Morgan fingerprint density at radius 1 is 1.42 bits per heavy atom. The molecule has 0 spiro atoms. The van der Waals surface area contributed by atoms with E-state index in [2.05, 4.69) is 0 Å². The van der Waals surface area contributed by atoms with E-state index < -0.39 is 33.2 Å². The Bertz CT molecular complexity index is 589. The predicted octanol–water partition coefficient (Wildman–Crippen LogP) is 1.63. The highest BCUT2D eigenvalue weighted by Crippen LogP contribution is 2.28. The zero-order valence-corrected chi connectivity index (χ0v) is 11.3. The zero-order chi connectivity index (χ0) is 14.2. The minimum absolute atomic E-state index is 0.0318. The van der Waals surface area contributed by atoms with Gasteiger partial charge in [-0.15, -0.1) is 0 Å². The molecule has 1 fully saturated rings. The molecule has 1 atom stereocenters. The van der Waals surface area contributed by atoms with Crippen LogP contribution in [0.2, 0.25) is 0 Å². The second-order valence-corrected chi connectivity index (χ2v) is 6.51. The first-order valence-corrected chi connectivity index (χ1v) is 7.42. The third-order valence-electron chi connectivity index (χ3n) is 3.32. The highest BCUT2D eigenvalue weighted by Gasteiger charge is 2.35. The molecule has 7 heteroatoms. The lowest BCUT2D eigenvalue weighted by Gasteiger charge is -2.21. The summed E-state index contributed by atoms with van der Waals surface area (Å²) in [5, 5.41) is 8.96. The lowest BCUT2D eigenvalue weighted by Crippen LogP contribution is -2.34. The van der Waals surface area contributed by atoms with Gasteiger partial charge in [0.05, 0.1) is 6.61 Å². The number of aliphatic hydroxyl groups is 1. The first-order valence-electron chi connectivity index (χ1n) is 5.98. The van der Waals surface area contributed by atoms with Gasteiger partial charge in [0.1, 0.15) is 4.90 Å². The number of rotatable bonds is 3. The maximum Gasteiger partial charge on any atom is 0.246 e. The van der Waals surface area contributed by atoms with Gasteiger partial charge in [-0.05, 0) is 37.5 Å². The van der Waals surface area contributed by atoms with Crippen molar-refractivity contribution in [3.8, 4) is 0 Å². The van der Waals surface area contributed by atoms with Crippen molar-refractivity contribution >= 4 is 10.0 Å². The molecule has 0 radical (unpaired) electrons. The lowest BCUT2D eigenvalue weighted by atomic mass is 10.2. The van der Waals surface area contributed by atoms with Crippen molar-refractivity contribution in [2.45, 2.75) is 37.3 Å². The molecule has 0 amide bonds. The highest BCUT2D eigenvalue weighted by molar-refractivity contribution is 7.89. The van der Waals surface area contributed by atoms with Gasteiger partial charge in [-0.1, -0.05) is 0 Å². The van der Waals surface area contributed by atoms with E-state index in [0.717, 1.165) is 12.1 Å². The predicted molar refractivity (Wildman–Crippen MR) is 64.9 cm³/mol. The fourth-order valence-corrected chi connectivity index (χ4v) is 4.11. The molecule has 1 N–H and O–H groups in total. The molecule has 0 aliphatic carbocycles. The van der Waals surface area contributed by atoms with Gasteiger partial charge < -0.3 is 5.11 Å². The van der Waals surface area contributed by atoms with Crippen LogP contribution >= 0.6 is 0 Å². The van der Waals surface area contributed by atoms with E-state index in [1.807, 2.05) is 0 Å². The zero-order valence-electron chi connectivity index (χ0n) is 10.4. The van der Waals surface area contributed by atoms with Crippen molar-refractivity contribution < 1.29 is 22.3 Å². The number of halogens is 2. The fraction of sp³-hybridized carbons (Fsp3) is 0.500. The Labute approximate surface area is 110 Å². The third kappa shape index (κ3) is 2.50. The quantitative estimate of drug-likeness (QED) is 0.921. The molecule has 1 unspecified atom stereocenters. The maximum absolute atomic E-state index is 13.7. The number of hydrogen-bond donors (Lipinski definition) is 1. The van der Waals surface area contributed by atoms with Crippen molar-refractivity contribution in [1.29, 1.82) is 0 Å². The van der Waals surface area contributed by atoms with Crippen molar-refractivity contribution in [3.63, 3.8) is 0 Å². The van der Waals surface area contributed by atoms with Crippen molar-refractivity contribution in [3.05, 3.63) is 29.3 Å². The minimum Gasteiger partial charge on any atom is -0.392 e. The van der Waals surface area contributed by atoms with Crippen LogP contribution in [0.15, 0.2) is 17.0 Å². The molecule has 1 aliphatic rings. The number of hydrogen-bond acceptors (Lipinski definition) is 3. The molecule has 1 aromatic carbocycles. The molecule has 4 nitrogen and oxygen atoms in total. The van der Waals surface area contributed by atoms with Crippen LogP contribution in [0.3, 0.4) is 0 Å². The van der Waals surface area contributed by atoms with E-state index in [1.165, 1.54) is 4.31 Å². The summed E-state index contributed by atoms with van der Waals surface area (Å²) < 4.78 is 52.9. The van der Waals surface area contributed by atoms with Crippen LogP contribution in [-0.4, -0.2) is 30.4 Å². The molecule has 0 aromatic heterocycles. The average Bonchev–Trinajstić information content (AvgIpc) is 2.79. The van der Waals surface area contributed by atoms with E-state index in [4.69, 9.17) is 5.11 Å². The van der Waals surface area contributed by atoms with Crippen LogP contribution in [0.4, 0.5) is 8.78 Å². The van der Waals surface area contributed by atoms with Crippen molar-refractivity contribution in [2.75, 3.05) is 6.54 Å². The Morgan fingerprint density at radius 3 is 2.63 bits per heavy atom. The number of nitrogens with zero attached hydrogens (tertiary/aromatic N) is 1. The topological polar surface area (TPSA) is 57.6 Å². The molecule has 0 saturated carbocycles. The third-order valence-corrected chi connectivity index (χ3v) is 5.33. The SMILES string of the molecule is CC1CCCN1S(=O)(=O)c1cc(CO)cc(F)c1F. The standard InChI is InChI=1S/C12H15F2NO3S/c1-8-3-2-4-15(8)19(17,18)11-6-9(7-16)5-10(13)12(11)14/h5-6,8,16H,2-4,7H2,1H3. The van der Waals surface area contributed by atoms with Gasteiger partial charge in [0, 0.05) is 12.6 Å². The van der Waals surface area contributed by atoms with E-state index in [1.54, 1.807) is 6.92 Å². The van der Waals surface area contributed by atoms with E-state index >= 15 is 0 Å². The van der Waals surface area contributed by atoms with Crippen molar-refractivity contribution in [1.82, 2.24) is 4.31 Å². The first-order chi connectivity index (χ1) is 8.87. The fourth-order valence-electron chi connectivity index (χ4n) is 2.29. The molecule has 1 heterocycles. The lowest BCUT2D eigenvalue weighted by molar-refractivity contribution is 0.280. The van der Waals surface area contributed by atoms with Crippen LogP contribution in [0.25, 0.3) is 0 Å². The summed E-state index contributed by atoms with van der Waals surface area (Å²) >= 11 is 0. The van der Waals surface area contributed by atoms with E-state index in [9.17, 15) is 17.2 Å². The summed E-state index contributed by atoms with van der Waals surface area (Å²) in [5.74, 6) is -2.66. The van der Waals surface area contributed by atoms with Gasteiger partial charge in [0.2, 0.25) is 10.0 Å². The van der Waals surface area contributed by atoms with Crippen LogP contribution in [-0.2, 0) is 16.6 Å². The second-order valence-electron chi connectivity index (χ2n) is 4.65. The summed E-state index contributed by atoms with van der Waals surface area (Å²) in [5.41, 5.74) is 0.0318. The Morgan fingerprint density at radius 2 is 2.11 bits per heavy atom. The van der Waals surface area contributed by atoms with Gasteiger partial charge in [-0.3, -0.25) is 0 Å².